The maximum atomic E-state index is 12.7. The Morgan fingerprint density at radius 3 is 2.58 bits per heavy atom. The normalized spacial score (nSPS) is 10.8. The van der Waals surface area contributed by atoms with Crippen molar-refractivity contribution < 1.29 is 13.2 Å². The first-order chi connectivity index (χ1) is 5.65. The smallest absolute Gasteiger partial charge is 0.283 e. The van der Waals surface area contributed by atoms with E-state index >= 15 is 0 Å². The summed E-state index contributed by atoms with van der Waals surface area (Å²) in [6.45, 7) is 0.0907. The van der Waals surface area contributed by atoms with Gasteiger partial charge in [-0.15, -0.1) is 0 Å². The third kappa shape index (κ3) is 1.73. The fourth-order valence-electron chi connectivity index (χ4n) is 0.760. The molecule has 0 fully saturated rings. The zero-order valence-electron chi connectivity index (χ0n) is 6.10. The molecule has 0 bridgehead atoms. The summed E-state index contributed by atoms with van der Waals surface area (Å²) in [7, 11) is 0. The lowest BCUT2D eigenvalue weighted by atomic mass is 10.2. The quantitative estimate of drug-likeness (QED) is 0.743. The standard InChI is InChI=1S/C7H7F3N2/c8-5-1-4(2-11)3-12-6(5)7(9)10/h1,3,7H,2,11H2. The Morgan fingerprint density at radius 2 is 2.17 bits per heavy atom. The number of nitrogens with zero attached hydrogens (tertiary/aromatic N) is 1. The van der Waals surface area contributed by atoms with Gasteiger partial charge in [0.05, 0.1) is 0 Å². The number of hydrogen-bond donors (Lipinski definition) is 1. The average Bonchev–Trinajstić information content (AvgIpc) is 2.03. The zero-order chi connectivity index (χ0) is 9.14. The topological polar surface area (TPSA) is 38.9 Å². The second-order valence-corrected chi connectivity index (χ2v) is 2.22. The molecule has 12 heavy (non-hydrogen) atoms. The van der Waals surface area contributed by atoms with Gasteiger partial charge in [0.2, 0.25) is 0 Å². The highest BCUT2D eigenvalue weighted by molar-refractivity contribution is 5.16. The second kappa shape index (κ2) is 3.53. The third-order valence-electron chi connectivity index (χ3n) is 1.37. The van der Waals surface area contributed by atoms with Crippen molar-refractivity contribution in [3.8, 4) is 0 Å². The Balaban J connectivity index is 3.03. The maximum Gasteiger partial charge on any atom is 0.283 e. The van der Waals surface area contributed by atoms with Gasteiger partial charge in [0.25, 0.3) is 6.43 Å². The lowest BCUT2D eigenvalue weighted by molar-refractivity contribution is 0.140. The number of pyridine rings is 1. The van der Waals surface area contributed by atoms with Crippen molar-refractivity contribution in [3.63, 3.8) is 0 Å². The van der Waals surface area contributed by atoms with Gasteiger partial charge in [-0.05, 0) is 11.6 Å². The molecule has 1 rings (SSSR count). The number of rotatable bonds is 2. The summed E-state index contributed by atoms with van der Waals surface area (Å²) in [5.74, 6) is -1.01. The first-order valence-electron chi connectivity index (χ1n) is 3.27. The third-order valence-corrected chi connectivity index (χ3v) is 1.37. The van der Waals surface area contributed by atoms with Crippen LogP contribution in [0.25, 0.3) is 0 Å². The van der Waals surface area contributed by atoms with Gasteiger partial charge >= 0.3 is 0 Å². The van der Waals surface area contributed by atoms with Crippen LogP contribution in [0.5, 0.6) is 0 Å². The van der Waals surface area contributed by atoms with E-state index < -0.39 is 17.9 Å². The summed E-state index contributed by atoms with van der Waals surface area (Å²) >= 11 is 0. The molecule has 0 spiro atoms. The highest BCUT2D eigenvalue weighted by Gasteiger charge is 2.14. The fourth-order valence-corrected chi connectivity index (χ4v) is 0.760. The van der Waals surface area contributed by atoms with Crippen molar-refractivity contribution >= 4 is 0 Å². The highest BCUT2D eigenvalue weighted by Crippen LogP contribution is 2.19. The molecule has 0 aliphatic carbocycles. The number of hydrogen-bond acceptors (Lipinski definition) is 2. The van der Waals surface area contributed by atoms with Crippen LogP contribution in [0.15, 0.2) is 12.3 Å². The van der Waals surface area contributed by atoms with Gasteiger partial charge in [0.15, 0.2) is 5.82 Å². The monoisotopic (exact) mass is 176 g/mol. The molecule has 0 aliphatic heterocycles. The fraction of sp³-hybridized carbons (Fsp3) is 0.286. The van der Waals surface area contributed by atoms with Gasteiger partial charge in [-0.2, -0.15) is 0 Å². The number of nitrogens with two attached hydrogens (primary N) is 1. The average molecular weight is 176 g/mol. The van der Waals surface area contributed by atoms with E-state index in [-0.39, 0.29) is 6.54 Å². The maximum absolute atomic E-state index is 12.7. The molecule has 0 radical (unpaired) electrons. The molecule has 1 aromatic heterocycles. The van der Waals surface area contributed by atoms with E-state index in [1.54, 1.807) is 0 Å². The summed E-state index contributed by atoms with van der Waals surface area (Å²) in [4.78, 5) is 3.24. The molecule has 0 atom stereocenters. The molecule has 2 N–H and O–H groups in total. The molecule has 0 saturated carbocycles. The van der Waals surface area contributed by atoms with Gasteiger partial charge in [-0.3, -0.25) is 4.98 Å². The first kappa shape index (κ1) is 8.99. The lowest BCUT2D eigenvalue weighted by Gasteiger charge is -2.01. The summed E-state index contributed by atoms with van der Waals surface area (Å²) in [5.41, 5.74) is 4.72. The minimum atomic E-state index is -2.88. The van der Waals surface area contributed by atoms with Crippen molar-refractivity contribution in [2.75, 3.05) is 0 Å². The number of aromatic nitrogens is 1. The summed E-state index contributed by atoms with van der Waals surface area (Å²) in [6.07, 6.45) is -1.73. The molecule has 5 heteroatoms. The van der Waals surface area contributed by atoms with E-state index in [2.05, 4.69) is 4.98 Å². The predicted molar refractivity (Wildman–Crippen MR) is 37.0 cm³/mol. The van der Waals surface area contributed by atoms with Gasteiger partial charge in [-0.1, -0.05) is 0 Å². The zero-order valence-corrected chi connectivity index (χ0v) is 6.10. The summed E-state index contributed by atoms with van der Waals surface area (Å²) in [5, 5.41) is 0. The van der Waals surface area contributed by atoms with Crippen molar-refractivity contribution in [2.24, 2.45) is 5.73 Å². The van der Waals surface area contributed by atoms with E-state index in [1.807, 2.05) is 0 Å². The molecule has 0 aromatic carbocycles. The molecular formula is C7H7F3N2. The van der Waals surface area contributed by atoms with E-state index in [0.29, 0.717) is 5.56 Å². The van der Waals surface area contributed by atoms with Crippen LogP contribution >= 0.6 is 0 Å². The van der Waals surface area contributed by atoms with Crippen molar-refractivity contribution in [3.05, 3.63) is 29.3 Å². The van der Waals surface area contributed by atoms with Crippen LogP contribution in [0, 0.1) is 5.82 Å². The number of alkyl halides is 2. The SMILES string of the molecule is NCc1cnc(C(F)F)c(F)c1. The Hall–Kier alpha value is -1.10. The van der Waals surface area contributed by atoms with E-state index in [1.165, 1.54) is 0 Å². The van der Waals surface area contributed by atoms with E-state index in [0.717, 1.165) is 12.3 Å². The molecule has 0 aliphatic rings. The Labute approximate surface area is 67.2 Å². The van der Waals surface area contributed by atoms with Crippen LogP contribution in [-0.2, 0) is 6.54 Å². The highest BCUT2D eigenvalue weighted by atomic mass is 19.3. The summed E-state index contributed by atoms with van der Waals surface area (Å²) < 4.78 is 36.5. The lowest BCUT2D eigenvalue weighted by Crippen LogP contribution is -2.01. The Kier molecular flexibility index (Phi) is 2.65. The van der Waals surface area contributed by atoms with Gasteiger partial charge < -0.3 is 5.73 Å². The molecule has 0 amide bonds. The van der Waals surface area contributed by atoms with E-state index in [9.17, 15) is 13.2 Å². The number of halogens is 3. The molecular weight excluding hydrogens is 169 g/mol. The van der Waals surface area contributed by atoms with E-state index in [4.69, 9.17) is 5.73 Å². The van der Waals surface area contributed by atoms with Crippen LogP contribution in [0.1, 0.15) is 17.7 Å². The first-order valence-corrected chi connectivity index (χ1v) is 3.27. The second-order valence-electron chi connectivity index (χ2n) is 2.22. The minimum Gasteiger partial charge on any atom is -0.326 e. The van der Waals surface area contributed by atoms with Crippen molar-refractivity contribution in [1.29, 1.82) is 0 Å². The van der Waals surface area contributed by atoms with Gasteiger partial charge in [0, 0.05) is 12.7 Å². The van der Waals surface area contributed by atoms with Crippen LogP contribution in [0.4, 0.5) is 13.2 Å². The van der Waals surface area contributed by atoms with Crippen LogP contribution in [0.2, 0.25) is 0 Å². The molecule has 66 valence electrons. The Bertz CT molecular complexity index is 275. The molecule has 1 heterocycles. The minimum absolute atomic E-state index is 0.0907. The van der Waals surface area contributed by atoms with Crippen LogP contribution in [0.3, 0.4) is 0 Å². The largest absolute Gasteiger partial charge is 0.326 e. The molecule has 1 aromatic rings. The van der Waals surface area contributed by atoms with Crippen LogP contribution < -0.4 is 5.73 Å². The van der Waals surface area contributed by atoms with Crippen LogP contribution in [-0.4, -0.2) is 4.98 Å². The molecule has 0 unspecified atom stereocenters. The summed E-state index contributed by atoms with van der Waals surface area (Å²) in [6, 6.07) is 0.967. The van der Waals surface area contributed by atoms with Gasteiger partial charge in [0.1, 0.15) is 5.69 Å². The van der Waals surface area contributed by atoms with Gasteiger partial charge in [-0.25, -0.2) is 13.2 Å². The Morgan fingerprint density at radius 1 is 1.50 bits per heavy atom. The predicted octanol–water partition coefficient (Wildman–Crippen LogP) is 1.62. The molecule has 2 nitrogen and oxygen atoms in total. The van der Waals surface area contributed by atoms with Crippen molar-refractivity contribution in [1.82, 2.24) is 4.98 Å². The molecule has 0 saturated heterocycles. The van der Waals surface area contributed by atoms with Crippen molar-refractivity contribution in [2.45, 2.75) is 13.0 Å².